The fraction of sp³-hybridized carbons (Fsp3) is 0.778. The van der Waals surface area contributed by atoms with Crippen molar-refractivity contribution in [3.8, 4) is 0 Å². The van der Waals surface area contributed by atoms with Gasteiger partial charge in [-0.25, -0.2) is 0 Å². The van der Waals surface area contributed by atoms with Crippen LogP contribution in [-0.2, 0) is 0 Å². The molecule has 2 heterocycles. The first-order chi connectivity index (χ1) is 9.84. The molecule has 2 aliphatic heterocycles. The molecule has 0 atom stereocenters. The van der Waals surface area contributed by atoms with Crippen molar-refractivity contribution in [2.24, 2.45) is 0 Å². The molecule has 0 radical (unpaired) electrons. The Labute approximate surface area is 124 Å². The maximum absolute atomic E-state index is 4.40. The van der Waals surface area contributed by atoms with Crippen molar-refractivity contribution >= 4 is 0 Å². The van der Waals surface area contributed by atoms with Crippen molar-refractivity contribution in [3.05, 3.63) is 23.4 Å². The first-order valence-electron chi connectivity index (χ1n) is 8.72. The average Bonchev–Trinajstić information content (AvgIpc) is 2.49. The van der Waals surface area contributed by atoms with E-state index in [0.717, 1.165) is 0 Å². The number of hydrogen-bond acceptors (Lipinski definition) is 2. The zero-order valence-corrected chi connectivity index (χ0v) is 13.0. The Kier molecular flexibility index (Phi) is 4.82. The van der Waals surface area contributed by atoms with Crippen LogP contribution >= 0.6 is 0 Å². The van der Waals surface area contributed by atoms with Crippen LogP contribution in [0.25, 0.3) is 0 Å². The summed E-state index contributed by atoms with van der Waals surface area (Å²) < 4.78 is 0. The highest BCUT2D eigenvalue weighted by Crippen LogP contribution is 2.33. The maximum atomic E-state index is 4.40. The van der Waals surface area contributed by atoms with Crippen LogP contribution in [0.15, 0.2) is 23.4 Å². The number of hydrogen-bond donors (Lipinski definition) is 0. The molecule has 0 aromatic carbocycles. The third kappa shape index (κ3) is 3.28. The van der Waals surface area contributed by atoms with Crippen LogP contribution in [0.5, 0.6) is 0 Å². The summed E-state index contributed by atoms with van der Waals surface area (Å²) in [5, 5.41) is 0. The zero-order chi connectivity index (χ0) is 13.8. The first-order valence-corrected chi connectivity index (χ1v) is 8.72. The monoisotopic (exact) mass is 274 g/mol. The molecule has 0 spiro atoms. The van der Waals surface area contributed by atoms with E-state index in [9.17, 15) is 0 Å². The molecule has 0 bridgehead atoms. The summed E-state index contributed by atoms with van der Waals surface area (Å²) in [6.45, 7) is 10.8. The summed E-state index contributed by atoms with van der Waals surface area (Å²) in [7, 11) is 0. The lowest BCUT2D eigenvalue weighted by molar-refractivity contribution is 0.235. The van der Waals surface area contributed by atoms with E-state index in [-0.39, 0.29) is 0 Å². The smallest absolute Gasteiger partial charge is 0.0397 e. The molecule has 0 aromatic rings. The van der Waals surface area contributed by atoms with Crippen LogP contribution in [0, 0.1) is 0 Å². The summed E-state index contributed by atoms with van der Waals surface area (Å²) in [5.74, 6) is 0. The van der Waals surface area contributed by atoms with Gasteiger partial charge in [0.05, 0.1) is 0 Å². The van der Waals surface area contributed by atoms with Crippen molar-refractivity contribution in [2.45, 2.75) is 57.8 Å². The highest BCUT2D eigenvalue weighted by molar-refractivity contribution is 5.36. The van der Waals surface area contributed by atoms with E-state index in [4.69, 9.17) is 0 Å². The van der Waals surface area contributed by atoms with Crippen LogP contribution in [0.4, 0.5) is 0 Å². The van der Waals surface area contributed by atoms with Crippen LogP contribution < -0.4 is 0 Å². The van der Waals surface area contributed by atoms with Crippen LogP contribution in [0.2, 0.25) is 0 Å². The van der Waals surface area contributed by atoms with Crippen molar-refractivity contribution in [3.63, 3.8) is 0 Å². The predicted molar refractivity (Wildman–Crippen MR) is 85.7 cm³/mol. The Morgan fingerprint density at radius 1 is 0.750 bits per heavy atom. The van der Waals surface area contributed by atoms with Gasteiger partial charge in [0, 0.05) is 25.3 Å². The van der Waals surface area contributed by atoms with E-state index < -0.39 is 0 Å². The Morgan fingerprint density at radius 2 is 1.40 bits per heavy atom. The van der Waals surface area contributed by atoms with E-state index in [1.165, 1.54) is 96.1 Å². The fourth-order valence-electron chi connectivity index (χ4n) is 4.11. The van der Waals surface area contributed by atoms with Crippen molar-refractivity contribution in [2.75, 3.05) is 32.7 Å². The molecule has 20 heavy (non-hydrogen) atoms. The predicted octanol–water partition coefficient (Wildman–Crippen LogP) is 3.95. The number of likely N-dealkylation sites (tertiary alicyclic amines) is 2. The molecule has 2 saturated heterocycles. The fourth-order valence-corrected chi connectivity index (χ4v) is 4.11. The summed E-state index contributed by atoms with van der Waals surface area (Å²) in [6.07, 6.45) is 12.2. The second-order valence-corrected chi connectivity index (χ2v) is 6.79. The van der Waals surface area contributed by atoms with Gasteiger partial charge in [-0.3, -0.25) is 4.90 Å². The number of allylic oxidation sites excluding steroid dienone is 1. The molecule has 1 aliphatic carbocycles. The highest BCUT2D eigenvalue weighted by atomic mass is 15.2. The molecular weight excluding hydrogens is 244 g/mol. The van der Waals surface area contributed by atoms with Gasteiger partial charge in [-0.1, -0.05) is 13.0 Å². The van der Waals surface area contributed by atoms with Gasteiger partial charge in [0.25, 0.3) is 0 Å². The molecule has 3 rings (SSSR count). The van der Waals surface area contributed by atoms with E-state index in [1.54, 1.807) is 11.3 Å². The van der Waals surface area contributed by atoms with Gasteiger partial charge in [0.15, 0.2) is 0 Å². The first kappa shape index (κ1) is 14.2. The standard InChI is InChI=1S/C18H30N2/c1-16-9-8-10-17(15-19-11-4-2-5-12-19)18(16)20-13-6-3-7-14-20/h1-15H2. The molecule has 0 amide bonds. The summed E-state index contributed by atoms with van der Waals surface area (Å²) >= 11 is 0. The third-order valence-electron chi connectivity index (χ3n) is 5.16. The minimum Gasteiger partial charge on any atom is -0.371 e. The number of piperidine rings is 2. The summed E-state index contributed by atoms with van der Waals surface area (Å²) in [5.41, 5.74) is 4.69. The SMILES string of the molecule is C=C1CCCC(CN2CCCCC2)=C1N1CCCCC1. The summed E-state index contributed by atoms with van der Waals surface area (Å²) in [4.78, 5) is 5.34. The topological polar surface area (TPSA) is 6.48 Å². The van der Waals surface area contributed by atoms with Crippen LogP contribution in [-0.4, -0.2) is 42.5 Å². The van der Waals surface area contributed by atoms with Gasteiger partial charge in [0.1, 0.15) is 0 Å². The molecular formula is C18H30N2. The Bertz CT molecular complexity index is 371. The Balaban J connectivity index is 1.75. The van der Waals surface area contributed by atoms with Gasteiger partial charge in [0.2, 0.25) is 0 Å². The van der Waals surface area contributed by atoms with Gasteiger partial charge in [-0.15, -0.1) is 0 Å². The largest absolute Gasteiger partial charge is 0.371 e. The van der Waals surface area contributed by atoms with Gasteiger partial charge in [-0.2, -0.15) is 0 Å². The van der Waals surface area contributed by atoms with Crippen molar-refractivity contribution in [1.29, 1.82) is 0 Å². The van der Waals surface area contributed by atoms with E-state index in [0.29, 0.717) is 0 Å². The highest BCUT2D eigenvalue weighted by Gasteiger charge is 2.24. The van der Waals surface area contributed by atoms with Crippen molar-refractivity contribution < 1.29 is 0 Å². The minimum atomic E-state index is 1.21. The van der Waals surface area contributed by atoms with Gasteiger partial charge < -0.3 is 4.90 Å². The van der Waals surface area contributed by atoms with Crippen LogP contribution in [0.1, 0.15) is 57.8 Å². The lowest BCUT2D eigenvalue weighted by atomic mass is 9.90. The minimum absolute atomic E-state index is 1.21. The van der Waals surface area contributed by atoms with Crippen LogP contribution in [0.3, 0.4) is 0 Å². The molecule has 0 N–H and O–H groups in total. The molecule has 2 fully saturated rings. The summed E-state index contributed by atoms with van der Waals surface area (Å²) in [6, 6.07) is 0. The molecule has 0 unspecified atom stereocenters. The zero-order valence-electron chi connectivity index (χ0n) is 13.0. The maximum Gasteiger partial charge on any atom is 0.0397 e. The molecule has 2 heteroatoms. The molecule has 2 nitrogen and oxygen atoms in total. The number of nitrogens with zero attached hydrogens (tertiary/aromatic N) is 2. The molecule has 0 aromatic heterocycles. The third-order valence-corrected chi connectivity index (χ3v) is 5.16. The van der Waals surface area contributed by atoms with Gasteiger partial charge >= 0.3 is 0 Å². The van der Waals surface area contributed by atoms with Gasteiger partial charge in [-0.05, 0) is 75.6 Å². The number of rotatable bonds is 3. The Morgan fingerprint density at radius 3 is 2.10 bits per heavy atom. The lowest BCUT2D eigenvalue weighted by Crippen LogP contribution is -2.36. The second-order valence-electron chi connectivity index (χ2n) is 6.79. The molecule has 112 valence electrons. The van der Waals surface area contributed by atoms with E-state index >= 15 is 0 Å². The van der Waals surface area contributed by atoms with E-state index in [1.807, 2.05) is 0 Å². The lowest BCUT2D eigenvalue weighted by Gasteiger charge is -2.38. The van der Waals surface area contributed by atoms with E-state index in [2.05, 4.69) is 16.4 Å². The molecule has 0 saturated carbocycles. The van der Waals surface area contributed by atoms with Crippen molar-refractivity contribution in [1.82, 2.24) is 9.80 Å². The average molecular weight is 274 g/mol. The second kappa shape index (κ2) is 6.80. The normalized spacial score (nSPS) is 26.2. The Hall–Kier alpha value is -0.760. The quantitative estimate of drug-likeness (QED) is 0.769. The molecule has 3 aliphatic rings.